The van der Waals surface area contributed by atoms with Gasteiger partial charge in [0.25, 0.3) is 5.91 Å². The van der Waals surface area contributed by atoms with Crippen molar-refractivity contribution in [1.29, 1.82) is 0 Å². The number of carboxylic acid groups (broad SMARTS) is 1. The van der Waals surface area contributed by atoms with Crippen molar-refractivity contribution in [3.05, 3.63) is 35.4 Å². The molecule has 25 heavy (non-hydrogen) atoms. The van der Waals surface area contributed by atoms with Gasteiger partial charge in [0.15, 0.2) is 0 Å². The zero-order valence-electron chi connectivity index (χ0n) is 13.9. The van der Waals surface area contributed by atoms with Crippen molar-refractivity contribution in [2.24, 2.45) is 5.92 Å². The van der Waals surface area contributed by atoms with Gasteiger partial charge in [0, 0.05) is 31.6 Å². The van der Waals surface area contributed by atoms with E-state index in [1.165, 1.54) is 9.80 Å². The molecule has 1 aliphatic heterocycles. The summed E-state index contributed by atoms with van der Waals surface area (Å²) in [5.41, 5.74) is -0.202. The summed E-state index contributed by atoms with van der Waals surface area (Å²) in [6.45, 7) is 2.17. The predicted octanol–water partition coefficient (Wildman–Crippen LogP) is 1.75. The van der Waals surface area contributed by atoms with E-state index in [0.717, 1.165) is 12.1 Å². The van der Waals surface area contributed by atoms with Crippen LogP contribution in [-0.4, -0.2) is 58.9 Å². The summed E-state index contributed by atoms with van der Waals surface area (Å²) in [5.74, 6) is -3.89. The van der Waals surface area contributed by atoms with E-state index in [2.05, 4.69) is 0 Å². The molecule has 0 unspecified atom stereocenters. The predicted molar refractivity (Wildman–Crippen MR) is 84.9 cm³/mol. The van der Waals surface area contributed by atoms with Gasteiger partial charge in [-0.05, 0) is 31.9 Å². The molecule has 6 nitrogen and oxygen atoms in total. The highest BCUT2D eigenvalue weighted by molar-refractivity contribution is 5.94. The quantitative estimate of drug-likeness (QED) is 0.874. The van der Waals surface area contributed by atoms with Gasteiger partial charge in [0.05, 0.1) is 5.56 Å². The number of likely N-dealkylation sites (tertiary alicyclic amines) is 1. The van der Waals surface area contributed by atoms with E-state index in [-0.39, 0.29) is 37.0 Å². The first-order valence-electron chi connectivity index (χ1n) is 8.08. The number of aliphatic carboxylic acids is 1. The Morgan fingerprint density at radius 3 is 2.40 bits per heavy atom. The molecule has 0 spiro atoms. The van der Waals surface area contributed by atoms with E-state index in [4.69, 9.17) is 5.11 Å². The summed E-state index contributed by atoms with van der Waals surface area (Å²) in [6.07, 6.45) is 0.757. The van der Waals surface area contributed by atoms with E-state index < -0.39 is 23.5 Å². The largest absolute Gasteiger partial charge is 0.480 e. The third-order valence-electron chi connectivity index (χ3n) is 4.31. The fraction of sp³-hybridized carbons (Fsp3) is 0.471. The van der Waals surface area contributed by atoms with Crippen LogP contribution in [0.4, 0.5) is 8.78 Å². The maximum absolute atomic E-state index is 13.7. The van der Waals surface area contributed by atoms with Crippen LogP contribution in [-0.2, 0) is 9.59 Å². The van der Waals surface area contributed by atoms with E-state index in [9.17, 15) is 23.2 Å². The molecule has 0 bridgehead atoms. The molecule has 1 aromatic rings. The fourth-order valence-corrected chi connectivity index (χ4v) is 2.93. The van der Waals surface area contributed by atoms with Gasteiger partial charge in [-0.2, -0.15) is 0 Å². The van der Waals surface area contributed by atoms with Crippen LogP contribution in [0.5, 0.6) is 0 Å². The molecule has 1 fully saturated rings. The first-order chi connectivity index (χ1) is 11.8. The molecule has 0 atom stereocenters. The molecule has 136 valence electrons. The number of carboxylic acids is 1. The fourth-order valence-electron chi connectivity index (χ4n) is 2.93. The van der Waals surface area contributed by atoms with Gasteiger partial charge < -0.3 is 14.9 Å². The highest BCUT2D eigenvalue weighted by Gasteiger charge is 2.31. The van der Waals surface area contributed by atoms with Crippen LogP contribution < -0.4 is 0 Å². The molecular weight excluding hydrogens is 334 g/mol. The molecule has 2 amide bonds. The summed E-state index contributed by atoms with van der Waals surface area (Å²) in [5, 5.41) is 8.84. The average molecular weight is 354 g/mol. The highest BCUT2D eigenvalue weighted by atomic mass is 19.1. The Bertz CT molecular complexity index is 673. The van der Waals surface area contributed by atoms with Gasteiger partial charge in [0.2, 0.25) is 5.91 Å². The third kappa shape index (κ3) is 4.52. The van der Waals surface area contributed by atoms with Crippen molar-refractivity contribution in [3.63, 3.8) is 0 Å². The number of likely N-dealkylation sites (N-methyl/N-ethyl adjacent to an activating group) is 1. The maximum atomic E-state index is 13.7. The van der Waals surface area contributed by atoms with Crippen molar-refractivity contribution < 1.29 is 28.3 Å². The molecule has 1 aliphatic rings. The second-order valence-electron chi connectivity index (χ2n) is 5.94. The number of carbonyl (C=O) groups excluding carboxylic acids is 2. The van der Waals surface area contributed by atoms with Crippen LogP contribution in [0.25, 0.3) is 0 Å². The summed E-state index contributed by atoms with van der Waals surface area (Å²) in [4.78, 5) is 38.2. The van der Waals surface area contributed by atoms with Crippen molar-refractivity contribution in [2.75, 3.05) is 26.2 Å². The van der Waals surface area contributed by atoms with E-state index >= 15 is 0 Å². The molecule has 1 heterocycles. The minimum atomic E-state index is -1.07. The lowest BCUT2D eigenvalue weighted by Crippen LogP contribution is -2.45. The molecule has 0 aromatic heterocycles. The Morgan fingerprint density at radius 2 is 1.88 bits per heavy atom. The van der Waals surface area contributed by atoms with E-state index in [1.807, 2.05) is 0 Å². The first-order valence-corrected chi connectivity index (χ1v) is 8.08. The second kappa shape index (κ2) is 8.04. The van der Waals surface area contributed by atoms with Crippen LogP contribution in [0.15, 0.2) is 18.2 Å². The summed E-state index contributed by atoms with van der Waals surface area (Å²) >= 11 is 0. The summed E-state index contributed by atoms with van der Waals surface area (Å²) in [7, 11) is 0. The van der Waals surface area contributed by atoms with Gasteiger partial charge in [-0.1, -0.05) is 0 Å². The van der Waals surface area contributed by atoms with Gasteiger partial charge in [-0.25, -0.2) is 8.78 Å². The van der Waals surface area contributed by atoms with Crippen LogP contribution in [0.2, 0.25) is 0 Å². The Labute approximate surface area is 144 Å². The molecule has 0 aliphatic carbocycles. The van der Waals surface area contributed by atoms with Crippen molar-refractivity contribution >= 4 is 17.8 Å². The van der Waals surface area contributed by atoms with Crippen molar-refractivity contribution in [2.45, 2.75) is 19.8 Å². The number of rotatable bonds is 5. The minimum Gasteiger partial charge on any atom is -0.480 e. The van der Waals surface area contributed by atoms with Crippen LogP contribution >= 0.6 is 0 Å². The number of hydrogen-bond acceptors (Lipinski definition) is 3. The number of halogens is 2. The van der Waals surface area contributed by atoms with Crippen molar-refractivity contribution in [1.82, 2.24) is 9.80 Å². The number of amides is 2. The molecule has 0 radical (unpaired) electrons. The standard InChI is InChI=1S/C17H20F2N2O4/c1-2-20(10-15(22)23)16(24)11-5-7-21(8-6-11)17(25)13-4-3-12(18)9-14(13)19/h3-4,9,11H,2,5-8,10H2,1H3,(H,22,23). The summed E-state index contributed by atoms with van der Waals surface area (Å²) in [6, 6.07) is 2.79. The lowest BCUT2D eigenvalue weighted by Gasteiger charge is -2.33. The Kier molecular flexibility index (Phi) is 6.06. The SMILES string of the molecule is CCN(CC(=O)O)C(=O)C1CCN(C(=O)c2ccc(F)cc2F)CC1. The Hall–Kier alpha value is -2.51. The minimum absolute atomic E-state index is 0.202. The monoisotopic (exact) mass is 354 g/mol. The number of carbonyl (C=O) groups is 3. The molecular formula is C17H20F2N2O4. The zero-order chi connectivity index (χ0) is 18.6. The number of nitrogens with zero attached hydrogens (tertiary/aromatic N) is 2. The van der Waals surface area contributed by atoms with E-state index in [0.29, 0.717) is 25.5 Å². The van der Waals surface area contributed by atoms with Gasteiger partial charge >= 0.3 is 5.97 Å². The van der Waals surface area contributed by atoms with Gasteiger partial charge in [-0.3, -0.25) is 14.4 Å². The molecule has 1 aromatic carbocycles. The topological polar surface area (TPSA) is 77.9 Å². The number of benzene rings is 1. The number of piperidine rings is 1. The molecule has 0 saturated carbocycles. The first kappa shape index (κ1) is 18.8. The molecule has 1 N–H and O–H groups in total. The third-order valence-corrected chi connectivity index (χ3v) is 4.31. The van der Waals surface area contributed by atoms with E-state index in [1.54, 1.807) is 6.92 Å². The molecule has 1 saturated heterocycles. The zero-order valence-corrected chi connectivity index (χ0v) is 13.9. The van der Waals surface area contributed by atoms with Gasteiger partial charge in [-0.15, -0.1) is 0 Å². The average Bonchev–Trinajstić information content (AvgIpc) is 2.58. The second-order valence-corrected chi connectivity index (χ2v) is 5.94. The van der Waals surface area contributed by atoms with Gasteiger partial charge in [0.1, 0.15) is 18.2 Å². The Balaban J connectivity index is 1.97. The normalized spacial score (nSPS) is 15.1. The highest BCUT2D eigenvalue weighted by Crippen LogP contribution is 2.22. The maximum Gasteiger partial charge on any atom is 0.323 e. The van der Waals surface area contributed by atoms with Crippen molar-refractivity contribution in [3.8, 4) is 0 Å². The molecule has 8 heteroatoms. The smallest absolute Gasteiger partial charge is 0.323 e. The number of hydrogen-bond donors (Lipinski definition) is 1. The van der Waals surface area contributed by atoms with Crippen LogP contribution in [0.1, 0.15) is 30.1 Å². The lowest BCUT2D eigenvalue weighted by atomic mass is 9.94. The molecule has 2 rings (SSSR count). The Morgan fingerprint density at radius 1 is 1.24 bits per heavy atom. The van der Waals surface area contributed by atoms with Crippen LogP contribution in [0.3, 0.4) is 0 Å². The lowest BCUT2D eigenvalue weighted by molar-refractivity contribution is -0.146. The van der Waals surface area contributed by atoms with Crippen LogP contribution in [0, 0.1) is 17.6 Å². The summed E-state index contributed by atoms with van der Waals surface area (Å²) < 4.78 is 26.7.